The van der Waals surface area contributed by atoms with Crippen LogP contribution in [0.2, 0.25) is 10.0 Å². The molecule has 11 heteroatoms. The normalized spacial score (nSPS) is 11.9. The molecule has 0 saturated carbocycles. The number of rotatable bonds is 12. The minimum atomic E-state index is -4.32. The third-order valence-corrected chi connectivity index (χ3v) is 9.00. The van der Waals surface area contributed by atoms with Crippen molar-refractivity contribution in [2.45, 2.75) is 30.8 Å². The van der Waals surface area contributed by atoms with Crippen molar-refractivity contribution >= 4 is 50.7 Å². The Morgan fingerprint density at radius 3 is 2.12 bits per heavy atom. The fraction of sp³-hybridized carbons (Fsp3) is 0.188. The first-order valence-electron chi connectivity index (χ1n) is 13.5. The number of halogens is 3. The van der Waals surface area contributed by atoms with Crippen LogP contribution in [0.1, 0.15) is 18.1 Å². The van der Waals surface area contributed by atoms with Gasteiger partial charge in [-0.2, -0.15) is 0 Å². The van der Waals surface area contributed by atoms with Gasteiger partial charge in [0, 0.05) is 24.5 Å². The van der Waals surface area contributed by atoms with E-state index in [4.69, 9.17) is 23.2 Å². The van der Waals surface area contributed by atoms with Crippen molar-refractivity contribution in [3.8, 4) is 0 Å². The van der Waals surface area contributed by atoms with E-state index in [0.717, 1.165) is 9.87 Å². The largest absolute Gasteiger partial charge is 0.355 e. The van der Waals surface area contributed by atoms with Gasteiger partial charge in [0.15, 0.2) is 0 Å². The predicted octanol–water partition coefficient (Wildman–Crippen LogP) is 6.10. The molecule has 4 aromatic rings. The summed E-state index contributed by atoms with van der Waals surface area (Å²) in [5.74, 6) is -1.55. The first kappa shape index (κ1) is 32.0. The van der Waals surface area contributed by atoms with Gasteiger partial charge in [-0.3, -0.25) is 13.9 Å². The zero-order valence-corrected chi connectivity index (χ0v) is 25.6. The summed E-state index contributed by atoms with van der Waals surface area (Å²) >= 11 is 12.7. The summed E-state index contributed by atoms with van der Waals surface area (Å²) in [4.78, 5) is 29.0. The minimum absolute atomic E-state index is 0.00530. The van der Waals surface area contributed by atoms with Gasteiger partial charge in [0.2, 0.25) is 11.8 Å². The number of hydrogen-bond donors (Lipinski definition) is 1. The highest BCUT2D eigenvalue weighted by atomic mass is 35.5. The number of nitrogens with one attached hydrogen (secondary N) is 1. The monoisotopic (exact) mass is 641 g/mol. The van der Waals surface area contributed by atoms with Gasteiger partial charge < -0.3 is 10.2 Å². The van der Waals surface area contributed by atoms with Crippen LogP contribution < -0.4 is 9.62 Å². The molecule has 1 N–H and O–H groups in total. The molecular weight excluding hydrogens is 612 g/mol. The molecule has 4 aromatic carbocycles. The summed E-state index contributed by atoms with van der Waals surface area (Å²) in [6.45, 7) is 1.30. The maximum atomic E-state index is 14.3. The van der Waals surface area contributed by atoms with E-state index in [2.05, 4.69) is 5.32 Å². The summed E-state index contributed by atoms with van der Waals surface area (Å²) in [6, 6.07) is 25.6. The molecule has 0 heterocycles. The number of likely N-dealkylation sites (N-methyl/N-ethyl adjacent to an activating group) is 1. The number of nitrogens with zero attached hydrogens (tertiary/aromatic N) is 2. The lowest BCUT2D eigenvalue weighted by Gasteiger charge is -2.34. The van der Waals surface area contributed by atoms with Gasteiger partial charge >= 0.3 is 0 Å². The number of carbonyl (C=O) groups is 2. The highest BCUT2D eigenvalue weighted by Gasteiger charge is 2.35. The molecule has 43 heavy (non-hydrogen) atoms. The molecule has 4 rings (SSSR count). The number of sulfonamides is 1. The number of amides is 2. The van der Waals surface area contributed by atoms with Gasteiger partial charge in [-0.15, -0.1) is 0 Å². The number of benzene rings is 4. The molecule has 0 saturated heterocycles. The molecule has 7 nitrogen and oxygen atoms in total. The van der Waals surface area contributed by atoms with Crippen LogP contribution in [0.4, 0.5) is 10.1 Å². The second-order valence-corrected chi connectivity index (χ2v) is 12.4. The van der Waals surface area contributed by atoms with Gasteiger partial charge in [0.25, 0.3) is 10.0 Å². The molecule has 0 bridgehead atoms. The maximum absolute atomic E-state index is 14.3. The van der Waals surface area contributed by atoms with Crippen LogP contribution in [0.5, 0.6) is 0 Å². The highest BCUT2D eigenvalue weighted by Crippen LogP contribution is 2.33. The van der Waals surface area contributed by atoms with Crippen LogP contribution in [0.15, 0.2) is 108 Å². The summed E-state index contributed by atoms with van der Waals surface area (Å²) in [7, 11) is -4.32. The van der Waals surface area contributed by atoms with E-state index in [1.807, 2.05) is 30.3 Å². The standard InChI is InChI=1S/C32H30Cl2FN3O4S/c1-2-36-32(40)30(19-23-9-5-3-6-10-23)37(21-24-13-16-26(35)17-14-24)31(39)22-38(29-20-25(33)15-18-28(29)34)43(41,42)27-11-7-4-8-12-27/h3-18,20,30H,2,19,21-22H2,1H3,(H,36,40)/t30-/m0/s1. The molecule has 0 aromatic heterocycles. The van der Waals surface area contributed by atoms with Gasteiger partial charge in [-0.25, -0.2) is 12.8 Å². The van der Waals surface area contributed by atoms with E-state index in [9.17, 15) is 22.4 Å². The predicted molar refractivity (Wildman–Crippen MR) is 167 cm³/mol. The summed E-state index contributed by atoms with van der Waals surface area (Å²) in [6.07, 6.45) is 0.156. The summed E-state index contributed by atoms with van der Waals surface area (Å²) < 4.78 is 42.6. The molecule has 224 valence electrons. The van der Waals surface area contributed by atoms with Crippen molar-refractivity contribution < 1.29 is 22.4 Å². The van der Waals surface area contributed by atoms with Gasteiger partial charge in [0.1, 0.15) is 18.4 Å². The average Bonchev–Trinajstić information content (AvgIpc) is 3.01. The quantitative estimate of drug-likeness (QED) is 0.202. The van der Waals surface area contributed by atoms with Crippen LogP contribution >= 0.6 is 23.2 Å². The molecule has 0 spiro atoms. The van der Waals surface area contributed by atoms with Crippen molar-refractivity contribution in [1.29, 1.82) is 0 Å². The number of hydrogen-bond acceptors (Lipinski definition) is 4. The average molecular weight is 643 g/mol. The Bertz CT molecular complexity index is 1660. The lowest BCUT2D eigenvalue weighted by atomic mass is 10.0. The van der Waals surface area contributed by atoms with E-state index in [0.29, 0.717) is 12.1 Å². The fourth-order valence-electron chi connectivity index (χ4n) is 4.54. The molecule has 2 amide bonds. The summed E-state index contributed by atoms with van der Waals surface area (Å²) in [5, 5.41) is 3.07. The topological polar surface area (TPSA) is 86.8 Å². The maximum Gasteiger partial charge on any atom is 0.264 e. The second kappa shape index (κ2) is 14.5. The number of carbonyl (C=O) groups excluding carboxylic acids is 2. The molecule has 0 fully saturated rings. The Balaban J connectivity index is 1.81. The lowest BCUT2D eigenvalue weighted by Crippen LogP contribution is -2.53. The molecule has 0 aliphatic carbocycles. The van der Waals surface area contributed by atoms with Crippen molar-refractivity contribution in [2.24, 2.45) is 0 Å². The van der Waals surface area contributed by atoms with Crippen LogP contribution in [-0.4, -0.2) is 44.3 Å². The smallest absolute Gasteiger partial charge is 0.264 e. The van der Waals surface area contributed by atoms with Gasteiger partial charge in [-0.05, 0) is 60.5 Å². The Hall–Kier alpha value is -3.92. The SMILES string of the molecule is CCNC(=O)[C@H](Cc1ccccc1)N(Cc1ccc(F)cc1)C(=O)CN(c1cc(Cl)ccc1Cl)S(=O)(=O)c1ccccc1. The zero-order chi connectivity index (χ0) is 31.0. The molecule has 1 atom stereocenters. The van der Waals surface area contributed by atoms with Crippen molar-refractivity contribution in [3.05, 3.63) is 130 Å². The Kier molecular flexibility index (Phi) is 10.8. The van der Waals surface area contributed by atoms with E-state index >= 15 is 0 Å². The third-order valence-electron chi connectivity index (χ3n) is 6.68. The molecular formula is C32H30Cl2FN3O4S. The van der Waals surface area contributed by atoms with Crippen molar-refractivity contribution in [2.75, 3.05) is 17.4 Å². The molecule has 0 aliphatic rings. The Morgan fingerprint density at radius 1 is 0.860 bits per heavy atom. The lowest BCUT2D eigenvalue weighted by molar-refractivity contribution is -0.140. The highest BCUT2D eigenvalue weighted by molar-refractivity contribution is 7.92. The molecule has 0 unspecified atom stereocenters. The van der Waals surface area contributed by atoms with E-state index in [1.165, 1.54) is 59.5 Å². The van der Waals surface area contributed by atoms with Crippen molar-refractivity contribution in [3.63, 3.8) is 0 Å². The second-order valence-electron chi connectivity index (χ2n) is 9.67. The van der Waals surface area contributed by atoms with Gasteiger partial charge in [0.05, 0.1) is 15.6 Å². The molecule has 0 aliphatic heterocycles. The van der Waals surface area contributed by atoms with E-state index in [1.54, 1.807) is 25.1 Å². The Morgan fingerprint density at radius 2 is 1.49 bits per heavy atom. The third kappa shape index (κ3) is 8.13. The van der Waals surface area contributed by atoms with E-state index < -0.39 is 40.2 Å². The van der Waals surface area contributed by atoms with Crippen LogP contribution in [0, 0.1) is 5.82 Å². The van der Waals surface area contributed by atoms with Crippen molar-refractivity contribution in [1.82, 2.24) is 10.2 Å². The van der Waals surface area contributed by atoms with Crippen LogP contribution in [0.3, 0.4) is 0 Å². The fourth-order valence-corrected chi connectivity index (χ4v) is 6.42. The first-order valence-corrected chi connectivity index (χ1v) is 15.7. The summed E-state index contributed by atoms with van der Waals surface area (Å²) in [5.41, 5.74) is 1.35. The van der Waals surface area contributed by atoms with Crippen LogP contribution in [-0.2, 0) is 32.6 Å². The first-order chi connectivity index (χ1) is 20.6. The van der Waals surface area contributed by atoms with Crippen LogP contribution in [0.25, 0.3) is 0 Å². The van der Waals surface area contributed by atoms with Gasteiger partial charge in [-0.1, -0.05) is 83.9 Å². The number of anilines is 1. The minimum Gasteiger partial charge on any atom is -0.355 e. The van der Waals surface area contributed by atoms with E-state index in [-0.39, 0.29) is 33.6 Å². The zero-order valence-electron chi connectivity index (χ0n) is 23.3. The Labute approximate surface area is 260 Å². The molecule has 0 radical (unpaired) electrons.